The molecule has 1 aromatic heterocycles. The Morgan fingerprint density at radius 1 is 1.36 bits per heavy atom. The molecule has 1 aliphatic rings. The Morgan fingerprint density at radius 2 is 2.00 bits per heavy atom. The number of hydrogen-bond donors (Lipinski definition) is 0. The molecule has 1 aromatic rings. The van der Waals surface area contributed by atoms with Crippen molar-refractivity contribution < 1.29 is 4.84 Å². The van der Waals surface area contributed by atoms with Gasteiger partial charge in [0.2, 0.25) is 0 Å². The van der Waals surface area contributed by atoms with Gasteiger partial charge in [0.25, 0.3) is 0 Å². The smallest absolute Gasteiger partial charge is 0.193 e. The molecule has 5 nitrogen and oxygen atoms in total. The van der Waals surface area contributed by atoms with Crippen molar-refractivity contribution in [2.24, 2.45) is 10.6 Å². The molecular formula is C9H14N4O. The Kier molecular flexibility index (Phi) is 2.02. The molecule has 1 aliphatic heterocycles. The number of rotatable bonds is 0. The highest BCUT2D eigenvalue weighted by atomic mass is 16.6. The van der Waals surface area contributed by atoms with Gasteiger partial charge in [-0.1, -0.05) is 25.9 Å². The van der Waals surface area contributed by atoms with Crippen LogP contribution in [0.15, 0.2) is 17.5 Å². The number of aromatic nitrogens is 3. The molecule has 1 atom stereocenters. The van der Waals surface area contributed by atoms with E-state index in [1.165, 1.54) is 4.80 Å². The Labute approximate surface area is 82.7 Å². The standard InChI is InChI=1S/C9H14N4O/c1-9(2,3)7-6-8(12-14-7)13-10-4-5-11-13/h4-5,7H,6H2,1-3H3. The summed E-state index contributed by atoms with van der Waals surface area (Å²) in [6, 6.07) is 0. The van der Waals surface area contributed by atoms with E-state index in [1.54, 1.807) is 12.4 Å². The van der Waals surface area contributed by atoms with E-state index >= 15 is 0 Å². The fourth-order valence-electron chi connectivity index (χ4n) is 1.30. The second-order valence-electron chi connectivity index (χ2n) is 4.49. The lowest BCUT2D eigenvalue weighted by atomic mass is 9.87. The van der Waals surface area contributed by atoms with Gasteiger partial charge in [-0.05, 0) is 0 Å². The van der Waals surface area contributed by atoms with Crippen molar-refractivity contribution in [1.82, 2.24) is 15.0 Å². The summed E-state index contributed by atoms with van der Waals surface area (Å²) in [5, 5.41) is 12.0. The van der Waals surface area contributed by atoms with E-state index in [0.29, 0.717) is 0 Å². The first-order valence-electron chi connectivity index (χ1n) is 4.67. The van der Waals surface area contributed by atoms with E-state index in [0.717, 1.165) is 12.3 Å². The minimum atomic E-state index is 0.0956. The van der Waals surface area contributed by atoms with E-state index < -0.39 is 0 Å². The van der Waals surface area contributed by atoms with Gasteiger partial charge in [-0.15, -0.1) is 4.80 Å². The zero-order valence-electron chi connectivity index (χ0n) is 8.64. The van der Waals surface area contributed by atoms with Crippen molar-refractivity contribution in [3.8, 4) is 0 Å². The molecule has 5 heteroatoms. The van der Waals surface area contributed by atoms with Crippen molar-refractivity contribution >= 4 is 5.84 Å². The predicted octanol–water partition coefficient (Wildman–Crippen LogP) is 1.27. The Balaban J connectivity index is 2.08. The van der Waals surface area contributed by atoms with Crippen LogP contribution in [0.2, 0.25) is 0 Å². The minimum absolute atomic E-state index is 0.0956. The summed E-state index contributed by atoms with van der Waals surface area (Å²) >= 11 is 0. The first kappa shape index (κ1) is 9.18. The topological polar surface area (TPSA) is 52.3 Å². The zero-order chi connectivity index (χ0) is 10.2. The Hall–Kier alpha value is -1.39. The highest BCUT2D eigenvalue weighted by Crippen LogP contribution is 2.28. The molecule has 0 amide bonds. The van der Waals surface area contributed by atoms with Crippen LogP contribution in [-0.2, 0) is 4.84 Å². The highest BCUT2D eigenvalue weighted by Gasteiger charge is 2.33. The molecule has 0 aliphatic carbocycles. The molecule has 0 N–H and O–H groups in total. The summed E-state index contributed by atoms with van der Waals surface area (Å²) in [6.07, 6.45) is 4.14. The largest absolute Gasteiger partial charge is 0.390 e. The predicted molar refractivity (Wildman–Crippen MR) is 51.8 cm³/mol. The van der Waals surface area contributed by atoms with E-state index in [-0.39, 0.29) is 11.5 Å². The van der Waals surface area contributed by atoms with Gasteiger partial charge >= 0.3 is 0 Å². The third-order valence-corrected chi connectivity index (χ3v) is 2.27. The van der Waals surface area contributed by atoms with Gasteiger partial charge in [-0.25, -0.2) is 0 Å². The maximum absolute atomic E-state index is 5.34. The number of nitrogens with zero attached hydrogens (tertiary/aromatic N) is 4. The molecule has 14 heavy (non-hydrogen) atoms. The third kappa shape index (κ3) is 1.62. The van der Waals surface area contributed by atoms with E-state index in [4.69, 9.17) is 4.84 Å². The molecule has 0 saturated heterocycles. The van der Waals surface area contributed by atoms with Gasteiger partial charge in [-0.3, -0.25) is 0 Å². The van der Waals surface area contributed by atoms with Crippen LogP contribution >= 0.6 is 0 Å². The van der Waals surface area contributed by atoms with Crippen molar-refractivity contribution in [1.29, 1.82) is 0 Å². The summed E-state index contributed by atoms with van der Waals surface area (Å²) in [5.41, 5.74) is 0.0956. The van der Waals surface area contributed by atoms with Crippen molar-refractivity contribution in [2.75, 3.05) is 0 Å². The summed E-state index contributed by atoms with van der Waals surface area (Å²) in [5.74, 6) is 0.773. The third-order valence-electron chi connectivity index (χ3n) is 2.27. The van der Waals surface area contributed by atoms with Gasteiger partial charge < -0.3 is 4.84 Å². The monoisotopic (exact) mass is 194 g/mol. The molecule has 1 unspecified atom stereocenters. The lowest BCUT2D eigenvalue weighted by Gasteiger charge is -2.23. The molecule has 0 fully saturated rings. The maximum atomic E-state index is 5.34. The second-order valence-corrected chi connectivity index (χ2v) is 4.49. The van der Waals surface area contributed by atoms with Gasteiger partial charge in [0, 0.05) is 5.41 Å². The maximum Gasteiger partial charge on any atom is 0.193 e. The lowest BCUT2D eigenvalue weighted by molar-refractivity contribution is 0.00830. The van der Waals surface area contributed by atoms with Crippen LogP contribution in [0.5, 0.6) is 0 Å². The molecule has 76 valence electrons. The second kappa shape index (κ2) is 3.08. The first-order valence-corrected chi connectivity index (χ1v) is 4.67. The van der Waals surface area contributed by atoms with E-state index in [1.807, 2.05) is 0 Å². The molecular weight excluding hydrogens is 180 g/mol. The van der Waals surface area contributed by atoms with Crippen LogP contribution in [0.25, 0.3) is 0 Å². The highest BCUT2D eigenvalue weighted by molar-refractivity contribution is 5.83. The van der Waals surface area contributed by atoms with Gasteiger partial charge in [-0.2, -0.15) is 10.2 Å². The fourth-order valence-corrected chi connectivity index (χ4v) is 1.30. The average Bonchev–Trinajstić information content (AvgIpc) is 2.73. The van der Waals surface area contributed by atoms with E-state index in [9.17, 15) is 0 Å². The van der Waals surface area contributed by atoms with Crippen LogP contribution in [0, 0.1) is 5.41 Å². The summed E-state index contributed by atoms with van der Waals surface area (Å²) in [6.45, 7) is 6.39. The molecule has 0 radical (unpaired) electrons. The number of oxime groups is 1. The summed E-state index contributed by atoms with van der Waals surface area (Å²) in [7, 11) is 0. The molecule has 2 rings (SSSR count). The molecule has 0 spiro atoms. The molecule has 0 saturated carbocycles. The minimum Gasteiger partial charge on any atom is -0.390 e. The molecule has 2 heterocycles. The average molecular weight is 194 g/mol. The van der Waals surface area contributed by atoms with Crippen LogP contribution < -0.4 is 0 Å². The van der Waals surface area contributed by atoms with Crippen molar-refractivity contribution in [3.05, 3.63) is 12.4 Å². The quantitative estimate of drug-likeness (QED) is 0.625. The molecule has 0 aromatic carbocycles. The Morgan fingerprint density at radius 3 is 2.50 bits per heavy atom. The fraction of sp³-hybridized carbons (Fsp3) is 0.667. The summed E-state index contributed by atoms with van der Waals surface area (Å²) < 4.78 is 0. The summed E-state index contributed by atoms with van der Waals surface area (Å²) in [4.78, 5) is 6.85. The van der Waals surface area contributed by atoms with Crippen LogP contribution in [0.3, 0.4) is 0 Å². The normalized spacial score (nSPS) is 21.9. The molecule has 0 bridgehead atoms. The van der Waals surface area contributed by atoms with Gasteiger partial charge in [0.1, 0.15) is 6.10 Å². The van der Waals surface area contributed by atoms with Crippen LogP contribution in [0.4, 0.5) is 0 Å². The van der Waals surface area contributed by atoms with Gasteiger partial charge in [0.05, 0.1) is 18.8 Å². The van der Waals surface area contributed by atoms with Crippen molar-refractivity contribution in [3.63, 3.8) is 0 Å². The first-order chi connectivity index (χ1) is 6.57. The SMILES string of the molecule is CC(C)(C)C1CC(n2nccn2)=NO1. The van der Waals surface area contributed by atoms with E-state index in [2.05, 4.69) is 36.1 Å². The van der Waals surface area contributed by atoms with Crippen molar-refractivity contribution in [2.45, 2.75) is 33.3 Å². The van der Waals surface area contributed by atoms with Crippen LogP contribution in [-0.4, -0.2) is 26.9 Å². The lowest BCUT2D eigenvalue weighted by Crippen LogP contribution is -2.27. The zero-order valence-corrected chi connectivity index (χ0v) is 8.64. The Bertz CT molecular complexity index is 336. The van der Waals surface area contributed by atoms with Crippen LogP contribution in [0.1, 0.15) is 27.2 Å². The van der Waals surface area contributed by atoms with Gasteiger partial charge in [0.15, 0.2) is 5.84 Å². The number of hydrogen-bond acceptors (Lipinski definition) is 4.